The molecule has 0 aliphatic rings. The fourth-order valence-electron chi connectivity index (χ4n) is 0.774. The van der Waals surface area contributed by atoms with Crippen molar-refractivity contribution in [2.45, 2.75) is 13.1 Å². The van der Waals surface area contributed by atoms with Crippen LogP contribution in [0.3, 0.4) is 0 Å². The molecule has 1 nitrogen and oxygen atoms in total. The van der Waals surface area contributed by atoms with Gasteiger partial charge in [-0.2, -0.15) is 0 Å². The zero-order chi connectivity index (χ0) is 6.78. The molecule has 3 heteroatoms. The molecule has 0 bridgehead atoms. The van der Waals surface area contributed by atoms with Crippen LogP contribution < -0.4 is 0 Å². The van der Waals surface area contributed by atoms with Crippen molar-refractivity contribution < 1.29 is 4.80 Å². The molecule has 0 radical (unpaired) electrons. The summed E-state index contributed by atoms with van der Waals surface area (Å²) in [5, 5.41) is 0. The molecule has 0 saturated carbocycles. The van der Waals surface area contributed by atoms with Crippen molar-refractivity contribution in [3.05, 3.63) is 0 Å². The first-order valence-corrected chi connectivity index (χ1v) is 8.36. The molecule has 0 rings (SSSR count). The summed E-state index contributed by atoms with van der Waals surface area (Å²) in [6.07, 6.45) is 0. The Bertz CT molecular complexity index is 67.3. The Labute approximate surface area is 54.0 Å². The quantitative estimate of drug-likeness (QED) is 0.467. The normalized spacial score (nSPS) is 12.8. The largest absolute Gasteiger partial charge is 0.432 e. The smallest absolute Gasteiger partial charge is 0.186 e. The molecule has 8 heavy (non-hydrogen) atoms. The molecule has 0 amide bonds. The van der Waals surface area contributed by atoms with Gasteiger partial charge in [-0.05, 0) is 32.2 Å². The second-order valence-corrected chi connectivity index (χ2v) is 10.1. The number of hydrogen-bond acceptors (Lipinski definition) is 1. The summed E-state index contributed by atoms with van der Waals surface area (Å²) in [6, 6.07) is 0. The van der Waals surface area contributed by atoms with Gasteiger partial charge in [0.15, 0.2) is 8.32 Å². The van der Waals surface area contributed by atoms with E-state index in [4.69, 9.17) is 0 Å². The Kier molecular flexibility index (Phi) is 3.18. The molecule has 0 spiro atoms. The molecule has 0 aromatic rings. The molecule has 1 N–H and O–H groups in total. The van der Waals surface area contributed by atoms with Crippen molar-refractivity contribution >= 4 is 16.2 Å². The Morgan fingerprint density at radius 2 is 1.75 bits per heavy atom. The van der Waals surface area contributed by atoms with Crippen LogP contribution in [0.25, 0.3) is 0 Å². The van der Waals surface area contributed by atoms with Gasteiger partial charge in [-0.25, -0.2) is 0 Å². The molecule has 0 aromatic carbocycles. The topological polar surface area (TPSA) is 20.2 Å². The van der Waals surface area contributed by atoms with Crippen LogP contribution in [0.15, 0.2) is 0 Å². The third-order valence-electron chi connectivity index (χ3n) is 0.703. The molecule has 0 aromatic heterocycles. The summed E-state index contributed by atoms with van der Waals surface area (Å²) < 4.78 is 0. The minimum atomic E-state index is -1.69. The van der Waals surface area contributed by atoms with Crippen LogP contribution in [0, 0.1) is 0 Å². The van der Waals surface area contributed by atoms with E-state index < -0.39 is 8.32 Å². The predicted octanol–water partition coefficient (Wildman–Crippen LogP) is 1.46. The van der Waals surface area contributed by atoms with Crippen molar-refractivity contribution in [3.63, 3.8) is 0 Å². The molecule has 0 heterocycles. The molecule has 0 fully saturated rings. The minimum Gasteiger partial charge on any atom is -0.432 e. The third kappa shape index (κ3) is 6.61. The van der Waals surface area contributed by atoms with Crippen LogP contribution in [0.2, 0.25) is 13.1 Å². The van der Waals surface area contributed by atoms with E-state index in [0.29, 0.717) is 0 Å². The Morgan fingerprint density at radius 3 is 1.75 bits per heavy atom. The lowest BCUT2D eigenvalue weighted by atomic mass is 11.8. The standard InChI is InChI=1S/C5H15OPSi/c1-7(2)5-8(3,4)6/h6H,5H2,1-4H3. The fourth-order valence-corrected chi connectivity index (χ4v) is 6.96. The van der Waals surface area contributed by atoms with E-state index in [1.165, 1.54) is 0 Å². The third-order valence-corrected chi connectivity index (χ3v) is 6.33. The molecular weight excluding hydrogens is 135 g/mol. The van der Waals surface area contributed by atoms with E-state index >= 15 is 0 Å². The molecule has 0 unspecified atom stereocenters. The van der Waals surface area contributed by atoms with Crippen LogP contribution in [-0.4, -0.2) is 32.2 Å². The van der Waals surface area contributed by atoms with Crippen LogP contribution in [-0.2, 0) is 0 Å². The van der Waals surface area contributed by atoms with E-state index in [9.17, 15) is 4.80 Å². The van der Waals surface area contributed by atoms with Crippen molar-refractivity contribution in [2.24, 2.45) is 0 Å². The highest BCUT2D eigenvalue weighted by Crippen LogP contribution is 2.27. The average Bonchev–Trinajstić information content (AvgIpc) is 1.21. The Balaban J connectivity index is 3.39. The van der Waals surface area contributed by atoms with Crippen molar-refractivity contribution in [2.75, 3.05) is 19.1 Å². The maximum atomic E-state index is 9.34. The SMILES string of the molecule is CP(C)C[Si](C)(C)O. The zero-order valence-electron chi connectivity index (χ0n) is 6.10. The summed E-state index contributed by atoms with van der Waals surface area (Å²) >= 11 is 0. The van der Waals surface area contributed by atoms with E-state index in [1.54, 1.807) is 0 Å². The van der Waals surface area contributed by atoms with Gasteiger partial charge in [0.1, 0.15) is 0 Å². The molecule has 0 saturated heterocycles. The van der Waals surface area contributed by atoms with Crippen LogP contribution >= 0.6 is 7.92 Å². The molecule has 0 aliphatic carbocycles. The van der Waals surface area contributed by atoms with Gasteiger partial charge in [0, 0.05) is 0 Å². The van der Waals surface area contributed by atoms with Gasteiger partial charge in [0.25, 0.3) is 0 Å². The maximum Gasteiger partial charge on any atom is 0.186 e. The summed E-state index contributed by atoms with van der Waals surface area (Å²) in [5.74, 6) is 1.09. The minimum absolute atomic E-state index is 0.123. The van der Waals surface area contributed by atoms with Gasteiger partial charge in [-0.1, -0.05) is 0 Å². The first-order chi connectivity index (χ1) is 3.42. The summed E-state index contributed by atoms with van der Waals surface area (Å²) in [5.41, 5.74) is 0. The van der Waals surface area contributed by atoms with Gasteiger partial charge >= 0.3 is 0 Å². The maximum absolute atomic E-state index is 9.34. The Hall–Kier alpha value is 0.607. The summed E-state index contributed by atoms with van der Waals surface area (Å²) in [6.45, 7) is 8.41. The van der Waals surface area contributed by atoms with Gasteiger partial charge < -0.3 is 4.80 Å². The van der Waals surface area contributed by atoms with Gasteiger partial charge in [0.2, 0.25) is 0 Å². The lowest BCUT2D eigenvalue weighted by Crippen LogP contribution is -2.29. The first kappa shape index (κ1) is 8.61. The van der Waals surface area contributed by atoms with Gasteiger partial charge in [-0.3, -0.25) is 0 Å². The van der Waals surface area contributed by atoms with E-state index in [0.717, 1.165) is 5.79 Å². The first-order valence-electron chi connectivity index (χ1n) is 2.79. The van der Waals surface area contributed by atoms with Crippen LogP contribution in [0.4, 0.5) is 0 Å². The predicted molar refractivity (Wildman–Crippen MR) is 43.3 cm³/mol. The fraction of sp³-hybridized carbons (Fsp3) is 1.00. The lowest BCUT2D eigenvalue weighted by molar-refractivity contribution is 0.559. The highest BCUT2D eigenvalue weighted by Gasteiger charge is 2.17. The second-order valence-electron chi connectivity index (χ2n) is 3.05. The van der Waals surface area contributed by atoms with Crippen molar-refractivity contribution in [1.29, 1.82) is 0 Å². The lowest BCUT2D eigenvalue weighted by Gasteiger charge is -2.15. The molecule has 0 aliphatic heterocycles. The highest BCUT2D eigenvalue weighted by atomic mass is 31.1. The zero-order valence-corrected chi connectivity index (χ0v) is 8.00. The monoisotopic (exact) mass is 150 g/mol. The van der Waals surface area contributed by atoms with E-state index in [2.05, 4.69) is 13.3 Å². The van der Waals surface area contributed by atoms with E-state index in [-0.39, 0.29) is 7.92 Å². The molecule has 50 valence electrons. The molecule has 0 atom stereocenters. The average molecular weight is 150 g/mol. The van der Waals surface area contributed by atoms with Crippen molar-refractivity contribution in [3.8, 4) is 0 Å². The highest BCUT2D eigenvalue weighted by molar-refractivity contribution is 7.58. The number of hydrogen-bond donors (Lipinski definition) is 1. The second kappa shape index (κ2) is 2.95. The number of rotatable bonds is 2. The van der Waals surface area contributed by atoms with Crippen molar-refractivity contribution in [1.82, 2.24) is 0 Å². The summed E-state index contributed by atoms with van der Waals surface area (Å²) in [7, 11) is -1.57. The van der Waals surface area contributed by atoms with Gasteiger partial charge in [-0.15, -0.1) is 7.92 Å². The van der Waals surface area contributed by atoms with Crippen LogP contribution in [0.5, 0.6) is 0 Å². The van der Waals surface area contributed by atoms with Crippen LogP contribution in [0.1, 0.15) is 0 Å². The Morgan fingerprint density at radius 1 is 1.38 bits per heavy atom. The van der Waals surface area contributed by atoms with Gasteiger partial charge in [0.05, 0.1) is 0 Å². The summed E-state index contributed by atoms with van der Waals surface area (Å²) in [4.78, 5) is 9.34. The molecular formula is C5H15OPSi. The van der Waals surface area contributed by atoms with E-state index in [1.807, 2.05) is 13.1 Å².